The maximum Gasteiger partial charge on any atom is 0.144 e. The Morgan fingerprint density at radius 1 is 0.800 bits per heavy atom. The zero-order chi connectivity index (χ0) is 21.3. The molecule has 0 N–H and O–H groups in total. The van der Waals surface area contributed by atoms with E-state index in [2.05, 4.69) is 12.7 Å². The molecule has 1 nitrogen and oxygen atoms in total. The molecule has 2 fully saturated rings. The minimum Gasteiger partial charge on any atom is -0.205 e. The molecule has 0 spiro atoms. The lowest BCUT2D eigenvalue weighted by Crippen LogP contribution is -2.18. The average molecular weight is 414 g/mol. The molecule has 2 saturated carbocycles. The van der Waals surface area contributed by atoms with Gasteiger partial charge in [-0.15, -0.1) is 6.58 Å². The third-order valence-corrected chi connectivity index (χ3v) is 7.75. The van der Waals surface area contributed by atoms with E-state index in [0.29, 0.717) is 17.9 Å². The molecule has 0 aromatic heterocycles. The summed E-state index contributed by atoms with van der Waals surface area (Å²) in [6.45, 7) is 3.85. The van der Waals surface area contributed by atoms with Crippen LogP contribution in [0, 0.1) is 46.6 Å². The molecular weight excluding hydrogens is 376 g/mol. The molecule has 1 aromatic rings. The molecule has 3 rings (SSSR count). The van der Waals surface area contributed by atoms with Crippen LogP contribution < -0.4 is 0 Å². The minimum absolute atomic E-state index is 0.468. The quantitative estimate of drug-likeness (QED) is 0.375. The summed E-state index contributed by atoms with van der Waals surface area (Å²) in [6.07, 6.45) is 19.9. The largest absolute Gasteiger partial charge is 0.205 e. The second-order valence-electron chi connectivity index (χ2n) is 9.80. The molecule has 2 aliphatic rings. The lowest BCUT2D eigenvalue weighted by atomic mass is 9.74. The first-order chi connectivity index (χ1) is 14.6. The lowest BCUT2D eigenvalue weighted by Gasteiger charge is -2.32. The maximum absolute atomic E-state index is 13.8. The number of nitrogens with zero attached hydrogens (tertiary/aromatic N) is 1. The molecule has 0 heterocycles. The molecule has 0 amide bonds. The number of allylic oxidation sites excluding steroid dienone is 1. The Morgan fingerprint density at radius 2 is 1.23 bits per heavy atom. The highest BCUT2D eigenvalue weighted by atomic mass is 19.1. The summed E-state index contributed by atoms with van der Waals surface area (Å²) in [7, 11) is 0. The van der Waals surface area contributed by atoms with Gasteiger partial charge in [0.1, 0.15) is 23.3 Å². The number of hydrogen-bond donors (Lipinski definition) is 0. The smallest absolute Gasteiger partial charge is 0.144 e. The van der Waals surface area contributed by atoms with E-state index in [1.165, 1.54) is 89.2 Å². The van der Waals surface area contributed by atoms with Gasteiger partial charge in [0.25, 0.3) is 0 Å². The fourth-order valence-electron chi connectivity index (χ4n) is 5.69. The van der Waals surface area contributed by atoms with Crippen molar-refractivity contribution in [3.05, 3.63) is 47.5 Å². The van der Waals surface area contributed by atoms with Gasteiger partial charge in [-0.25, -0.2) is 8.78 Å². The Balaban J connectivity index is 1.32. The van der Waals surface area contributed by atoms with Gasteiger partial charge in [0.2, 0.25) is 0 Å². The molecule has 1 aromatic carbocycles. The maximum atomic E-state index is 13.8. The minimum atomic E-state index is -0.731. The van der Waals surface area contributed by atoms with Crippen LogP contribution in [0.5, 0.6) is 0 Å². The summed E-state index contributed by atoms with van der Waals surface area (Å²) in [6, 6.07) is 4.26. The van der Waals surface area contributed by atoms with Gasteiger partial charge in [0.05, 0.1) is 0 Å². The summed E-state index contributed by atoms with van der Waals surface area (Å²) < 4.78 is 27.6. The predicted molar refractivity (Wildman–Crippen MR) is 119 cm³/mol. The fraction of sp³-hybridized carbons (Fsp3) is 0.667. The highest BCUT2D eigenvalue weighted by Crippen LogP contribution is 2.38. The van der Waals surface area contributed by atoms with Crippen LogP contribution in [0.25, 0.3) is 0 Å². The monoisotopic (exact) mass is 413 g/mol. The van der Waals surface area contributed by atoms with E-state index < -0.39 is 17.2 Å². The first kappa shape index (κ1) is 23.0. The molecule has 2 aliphatic carbocycles. The number of hydrogen-bond acceptors (Lipinski definition) is 1. The van der Waals surface area contributed by atoms with E-state index in [1.807, 2.05) is 0 Å². The summed E-state index contributed by atoms with van der Waals surface area (Å²) in [5.41, 5.74) is 0.208. The topological polar surface area (TPSA) is 23.8 Å². The lowest BCUT2D eigenvalue weighted by molar-refractivity contribution is 0.210. The molecule has 0 saturated heterocycles. The fourth-order valence-corrected chi connectivity index (χ4v) is 5.69. The van der Waals surface area contributed by atoms with Crippen LogP contribution in [0.2, 0.25) is 0 Å². The SMILES string of the molecule is C=CCCC1CCC(CCC2CCC(CCc3cc(F)c(C#N)c(F)c3)CC2)CC1. The van der Waals surface area contributed by atoms with Crippen molar-refractivity contribution in [2.45, 2.75) is 89.9 Å². The van der Waals surface area contributed by atoms with E-state index in [0.717, 1.165) is 24.2 Å². The molecule has 0 unspecified atom stereocenters. The third kappa shape index (κ3) is 6.66. The van der Waals surface area contributed by atoms with E-state index in [4.69, 9.17) is 5.26 Å². The molecule has 0 bridgehead atoms. The second kappa shape index (κ2) is 11.6. The van der Waals surface area contributed by atoms with Crippen molar-refractivity contribution in [3.8, 4) is 6.07 Å². The van der Waals surface area contributed by atoms with Gasteiger partial charge < -0.3 is 0 Å². The van der Waals surface area contributed by atoms with Crippen LogP contribution in [0.1, 0.15) is 94.6 Å². The standard InChI is InChI=1S/C27H37F2N/c1-2-3-4-20-5-7-21(8-6-20)9-10-22-11-13-23(14-12-22)15-16-24-17-26(28)25(19-30)27(29)18-24/h2,17-18,20-23H,1,3-16H2. The molecular formula is C27H37F2N. The van der Waals surface area contributed by atoms with Gasteiger partial charge in [-0.3, -0.25) is 0 Å². The van der Waals surface area contributed by atoms with E-state index >= 15 is 0 Å². The van der Waals surface area contributed by atoms with Crippen LogP contribution in [-0.2, 0) is 6.42 Å². The zero-order valence-electron chi connectivity index (χ0n) is 18.4. The van der Waals surface area contributed by atoms with Crippen molar-refractivity contribution in [3.63, 3.8) is 0 Å². The Bertz CT molecular complexity index is 696. The van der Waals surface area contributed by atoms with Gasteiger partial charge in [0, 0.05) is 0 Å². The Morgan fingerprint density at radius 3 is 1.67 bits per heavy atom. The second-order valence-corrected chi connectivity index (χ2v) is 9.80. The highest BCUT2D eigenvalue weighted by molar-refractivity contribution is 5.35. The molecule has 0 radical (unpaired) electrons. The van der Waals surface area contributed by atoms with E-state index in [-0.39, 0.29) is 0 Å². The van der Waals surface area contributed by atoms with E-state index in [1.54, 1.807) is 6.07 Å². The van der Waals surface area contributed by atoms with Crippen LogP contribution in [0.3, 0.4) is 0 Å². The zero-order valence-corrected chi connectivity index (χ0v) is 18.4. The van der Waals surface area contributed by atoms with Crippen molar-refractivity contribution in [1.29, 1.82) is 5.26 Å². The summed E-state index contributed by atoms with van der Waals surface area (Å²) in [4.78, 5) is 0. The van der Waals surface area contributed by atoms with Crippen molar-refractivity contribution >= 4 is 0 Å². The van der Waals surface area contributed by atoms with Crippen molar-refractivity contribution < 1.29 is 8.78 Å². The predicted octanol–water partition coefficient (Wildman–Crippen LogP) is 8.13. The van der Waals surface area contributed by atoms with E-state index in [9.17, 15) is 8.78 Å². The summed E-state index contributed by atoms with van der Waals surface area (Å²) in [5.74, 6) is 1.97. The Labute approximate surface area is 181 Å². The first-order valence-corrected chi connectivity index (χ1v) is 12.1. The molecule has 3 heteroatoms. The highest BCUT2D eigenvalue weighted by Gasteiger charge is 2.24. The molecule has 0 aliphatic heterocycles. The Hall–Kier alpha value is -1.69. The summed E-state index contributed by atoms with van der Waals surface area (Å²) >= 11 is 0. The van der Waals surface area contributed by atoms with Gasteiger partial charge in [-0.05, 0) is 67.1 Å². The van der Waals surface area contributed by atoms with Gasteiger partial charge >= 0.3 is 0 Å². The van der Waals surface area contributed by atoms with Gasteiger partial charge in [-0.2, -0.15) is 5.26 Å². The van der Waals surface area contributed by atoms with Crippen LogP contribution in [0.4, 0.5) is 8.78 Å². The van der Waals surface area contributed by atoms with Gasteiger partial charge in [0.15, 0.2) is 0 Å². The Kier molecular flexibility index (Phi) is 8.91. The normalized spacial score (nSPS) is 26.8. The number of rotatable bonds is 9. The third-order valence-electron chi connectivity index (χ3n) is 7.75. The van der Waals surface area contributed by atoms with Crippen LogP contribution in [-0.4, -0.2) is 0 Å². The first-order valence-electron chi connectivity index (χ1n) is 12.1. The summed E-state index contributed by atoms with van der Waals surface area (Å²) in [5, 5.41) is 8.79. The van der Waals surface area contributed by atoms with Crippen LogP contribution >= 0.6 is 0 Å². The van der Waals surface area contributed by atoms with Crippen LogP contribution in [0.15, 0.2) is 24.8 Å². The van der Waals surface area contributed by atoms with Crippen molar-refractivity contribution in [1.82, 2.24) is 0 Å². The molecule has 30 heavy (non-hydrogen) atoms. The molecule has 164 valence electrons. The number of nitriles is 1. The number of aryl methyl sites for hydroxylation is 1. The number of benzene rings is 1. The average Bonchev–Trinajstić information content (AvgIpc) is 2.76. The molecule has 0 atom stereocenters. The van der Waals surface area contributed by atoms with Gasteiger partial charge in [-0.1, -0.05) is 70.3 Å². The number of halogens is 2. The van der Waals surface area contributed by atoms with Crippen molar-refractivity contribution in [2.24, 2.45) is 23.7 Å². The van der Waals surface area contributed by atoms with Crippen molar-refractivity contribution in [2.75, 3.05) is 0 Å².